The van der Waals surface area contributed by atoms with Gasteiger partial charge in [0.15, 0.2) is 0 Å². The largest absolute Gasteiger partial charge is 0.444 e. The Hall–Kier alpha value is -4.18. The molecule has 1 aromatic rings. The number of carbonyl (C=O) groups is 1. The van der Waals surface area contributed by atoms with Gasteiger partial charge < -0.3 is 14.5 Å². The molecular weight excluding hydrogens is 587 g/mol. The van der Waals surface area contributed by atoms with Crippen LogP contribution in [-0.4, -0.2) is 53.4 Å². The molecule has 0 spiro atoms. The highest BCUT2D eigenvalue weighted by Gasteiger charge is 2.27. The second-order valence-electron chi connectivity index (χ2n) is 12.4. The number of ether oxygens (including phenoxy) is 1. The standard InChI is InChI=1S/C27H38FN3O2.C13H19N/c1-8-10-15-29-20(3)25(22(9-2)23-13-11-12-14-24(23)28)21(4)30-16-18-31(19-17-30)26(32)33-27(5,6)7;1-4-6-7-9-13(11-14)10-12(3)8-5-2/h9-15H,8,16-19H2,1-7H3;7,9-10H,3-6,8H2,1-2H3/b15-10+,22-9-,25-21-,29-20+;9-7-,13-10+. The molecule has 6 nitrogen and oxygen atoms in total. The molecule has 1 amide bonds. The molecule has 1 aliphatic rings. The third-order valence-electron chi connectivity index (χ3n) is 7.27. The fraction of sp³-hybridized carbons (Fsp3) is 0.475. The van der Waals surface area contributed by atoms with Gasteiger partial charge in [-0.05, 0) is 84.6 Å². The number of hydrogen-bond acceptors (Lipinski definition) is 5. The summed E-state index contributed by atoms with van der Waals surface area (Å²) < 4.78 is 20.3. The van der Waals surface area contributed by atoms with Crippen LogP contribution in [0.5, 0.6) is 0 Å². The molecule has 7 heteroatoms. The van der Waals surface area contributed by atoms with Crippen molar-refractivity contribution in [2.75, 3.05) is 26.2 Å². The van der Waals surface area contributed by atoms with E-state index in [1.165, 1.54) is 6.07 Å². The summed E-state index contributed by atoms with van der Waals surface area (Å²) in [4.78, 5) is 21.1. The monoisotopic (exact) mass is 644 g/mol. The Bertz CT molecular complexity index is 1390. The number of halogens is 1. The highest BCUT2D eigenvalue weighted by Crippen LogP contribution is 2.31. The normalized spacial score (nSPS) is 15.3. The van der Waals surface area contributed by atoms with Gasteiger partial charge in [0.25, 0.3) is 0 Å². The summed E-state index contributed by atoms with van der Waals surface area (Å²) in [7, 11) is 0. The molecule has 0 aliphatic carbocycles. The first-order valence-corrected chi connectivity index (χ1v) is 16.8. The predicted octanol–water partition coefficient (Wildman–Crippen LogP) is 10.6. The molecule has 0 aromatic heterocycles. The summed E-state index contributed by atoms with van der Waals surface area (Å²) in [5.41, 5.74) is 5.33. The minimum absolute atomic E-state index is 0.262. The fourth-order valence-electron chi connectivity index (χ4n) is 4.92. The van der Waals surface area contributed by atoms with Crippen molar-refractivity contribution in [3.05, 3.63) is 101 Å². The summed E-state index contributed by atoms with van der Waals surface area (Å²) in [5, 5.41) is 8.83. The molecule has 1 aliphatic heterocycles. The van der Waals surface area contributed by atoms with E-state index >= 15 is 0 Å². The number of piperazine rings is 1. The van der Waals surface area contributed by atoms with Gasteiger partial charge in [-0.15, -0.1) is 0 Å². The minimum atomic E-state index is -0.516. The molecule has 1 heterocycles. The molecule has 47 heavy (non-hydrogen) atoms. The van der Waals surface area contributed by atoms with Crippen molar-refractivity contribution < 1.29 is 13.9 Å². The number of aliphatic imine (C=N–C) groups is 1. The molecule has 2 rings (SSSR count). The van der Waals surface area contributed by atoms with Gasteiger partial charge in [-0.3, -0.25) is 4.99 Å². The van der Waals surface area contributed by atoms with E-state index in [-0.39, 0.29) is 11.9 Å². The van der Waals surface area contributed by atoms with Crippen molar-refractivity contribution in [1.29, 1.82) is 5.26 Å². The second kappa shape index (κ2) is 21.6. The van der Waals surface area contributed by atoms with Gasteiger partial charge in [0.1, 0.15) is 11.4 Å². The number of hydrogen-bond donors (Lipinski definition) is 0. The van der Waals surface area contributed by atoms with E-state index in [1.807, 2.05) is 78.0 Å². The van der Waals surface area contributed by atoms with E-state index in [9.17, 15) is 9.18 Å². The van der Waals surface area contributed by atoms with Crippen molar-refractivity contribution in [3.63, 3.8) is 0 Å². The zero-order valence-corrected chi connectivity index (χ0v) is 30.3. The lowest BCUT2D eigenvalue weighted by Gasteiger charge is -2.38. The number of rotatable bonds is 12. The number of allylic oxidation sites excluding steroid dienone is 10. The van der Waals surface area contributed by atoms with E-state index in [0.29, 0.717) is 37.3 Å². The van der Waals surface area contributed by atoms with E-state index in [0.717, 1.165) is 60.2 Å². The lowest BCUT2D eigenvalue weighted by molar-refractivity contribution is 0.0168. The quantitative estimate of drug-likeness (QED) is 0.129. The van der Waals surface area contributed by atoms with Crippen LogP contribution in [0.4, 0.5) is 9.18 Å². The predicted molar refractivity (Wildman–Crippen MR) is 196 cm³/mol. The summed E-state index contributed by atoms with van der Waals surface area (Å²) in [6.45, 7) is 24.2. The third kappa shape index (κ3) is 14.9. The first kappa shape index (κ1) is 40.8. The summed E-state index contributed by atoms with van der Waals surface area (Å²) >= 11 is 0. The zero-order chi connectivity index (χ0) is 35.4. The van der Waals surface area contributed by atoms with Crippen molar-refractivity contribution in [2.24, 2.45) is 4.99 Å². The minimum Gasteiger partial charge on any atom is -0.444 e. The van der Waals surface area contributed by atoms with Crippen molar-refractivity contribution in [2.45, 2.75) is 100 Å². The molecule has 1 fully saturated rings. The maximum Gasteiger partial charge on any atom is 0.410 e. The first-order valence-electron chi connectivity index (χ1n) is 16.8. The Labute approximate surface area is 284 Å². The van der Waals surface area contributed by atoms with Crippen LogP contribution in [0.1, 0.15) is 100.0 Å². The first-order chi connectivity index (χ1) is 22.3. The molecular formula is C40H57FN4O2. The van der Waals surface area contributed by atoms with E-state index in [2.05, 4.69) is 43.3 Å². The SMILES string of the molecule is C=C(/C=C(C#N)\C=C/CCC)CCC.C\C=C(C(/C(C)=N/C=C/CC)=C(/C)N1CCN(C(=O)OC(C)(C)C)CC1)\c1ccccc1F. The number of carbonyl (C=O) groups excluding carboxylic acids is 1. The second-order valence-corrected chi connectivity index (χ2v) is 12.4. The summed E-state index contributed by atoms with van der Waals surface area (Å²) in [6, 6.07) is 8.99. The Morgan fingerprint density at radius 3 is 2.23 bits per heavy atom. The van der Waals surface area contributed by atoms with Crippen LogP contribution in [0.3, 0.4) is 0 Å². The van der Waals surface area contributed by atoms with Crippen LogP contribution in [0, 0.1) is 17.1 Å². The van der Waals surface area contributed by atoms with Crippen LogP contribution in [0.2, 0.25) is 0 Å². The van der Waals surface area contributed by atoms with Crippen molar-refractivity contribution >= 4 is 17.4 Å². The highest BCUT2D eigenvalue weighted by atomic mass is 19.1. The Kier molecular flexibility index (Phi) is 18.8. The van der Waals surface area contributed by atoms with Gasteiger partial charge in [-0.1, -0.05) is 82.2 Å². The Morgan fingerprint density at radius 1 is 1.06 bits per heavy atom. The molecule has 1 saturated heterocycles. The van der Waals surface area contributed by atoms with E-state index < -0.39 is 5.60 Å². The third-order valence-corrected chi connectivity index (χ3v) is 7.27. The molecule has 0 N–H and O–H groups in total. The number of nitrogens with zero attached hydrogens (tertiary/aromatic N) is 4. The molecule has 256 valence electrons. The molecule has 0 radical (unpaired) electrons. The van der Waals surface area contributed by atoms with Gasteiger partial charge in [-0.25, -0.2) is 9.18 Å². The smallest absolute Gasteiger partial charge is 0.410 e. The van der Waals surface area contributed by atoms with Crippen LogP contribution in [0.25, 0.3) is 5.57 Å². The number of amides is 1. The van der Waals surface area contributed by atoms with Gasteiger partial charge in [0.05, 0.1) is 11.6 Å². The zero-order valence-electron chi connectivity index (χ0n) is 30.3. The number of unbranched alkanes of at least 4 members (excludes halogenated alkanes) is 1. The Balaban J connectivity index is 0.000000663. The van der Waals surface area contributed by atoms with Gasteiger partial charge >= 0.3 is 6.09 Å². The highest BCUT2D eigenvalue weighted by molar-refractivity contribution is 6.12. The van der Waals surface area contributed by atoms with E-state index in [1.54, 1.807) is 23.2 Å². The van der Waals surface area contributed by atoms with Crippen LogP contribution >= 0.6 is 0 Å². The topological polar surface area (TPSA) is 68.9 Å². The van der Waals surface area contributed by atoms with Crippen LogP contribution in [0.15, 0.2) is 94.8 Å². The molecule has 0 saturated carbocycles. The van der Waals surface area contributed by atoms with Gasteiger partial charge in [0.2, 0.25) is 0 Å². The van der Waals surface area contributed by atoms with Crippen molar-refractivity contribution in [1.82, 2.24) is 9.80 Å². The summed E-state index contributed by atoms with van der Waals surface area (Å²) in [5.74, 6) is -0.262. The van der Waals surface area contributed by atoms with Gasteiger partial charge in [-0.2, -0.15) is 5.26 Å². The van der Waals surface area contributed by atoms with Gasteiger partial charge in [0, 0.05) is 54.9 Å². The maximum atomic E-state index is 14.7. The van der Waals surface area contributed by atoms with Crippen LogP contribution in [-0.2, 0) is 4.74 Å². The molecule has 1 aromatic carbocycles. The average molecular weight is 645 g/mol. The fourth-order valence-corrected chi connectivity index (χ4v) is 4.92. The molecule has 0 atom stereocenters. The molecule has 0 bridgehead atoms. The average Bonchev–Trinajstić information content (AvgIpc) is 3.03. The number of benzene rings is 1. The lowest BCUT2D eigenvalue weighted by atomic mass is 9.92. The van der Waals surface area contributed by atoms with Crippen molar-refractivity contribution in [3.8, 4) is 6.07 Å². The van der Waals surface area contributed by atoms with Crippen LogP contribution < -0.4 is 0 Å². The lowest BCUT2D eigenvalue weighted by Crippen LogP contribution is -2.49. The molecule has 0 unspecified atom stereocenters. The van der Waals surface area contributed by atoms with E-state index in [4.69, 9.17) is 10.00 Å². The Morgan fingerprint density at radius 2 is 1.70 bits per heavy atom. The maximum absolute atomic E-state index is 14.7. The number of nitriles is 1. The summed E-state index contributed by atoms with van der Waals surface area (Å²) in [6.07, 6.45) is 16.3.